The second kappa shape index (κ2) is 2.77. The van der Waals surface area contributed by atoms with Gasteiger partial charge in [-0.2, -0.15) is 0 Å². The lowest BCUT2D eigenvalue weighted by molar-refractivity contribution is 0.738. The van der Waals surface area contributed by atoms with Crippen LogP contribution in [0.5, 0.6) is 0 Å². The largest absolute Gasteiger partial charge is 0.381 e. The number of hydrogen-bond acceptors (Lipinski definition) is 4. The zero-order chi connectivity index (χ0) is 7.68. The first-order chi connectivity index (χ1) is 5.38. The molecule has 1 aliphatic rings. The van der Waals surface area contributed by atoms with Gasteiger partial charge in [-0.15, -0.1) is 5.10 Å². The van der Waals surface area contributed by atoms with Crippen molar-refractivity contribution in [1.29, 1.82) is 0 Å². The number of aromatic nitrogens is 2. The Morgan fingerprint density at radius 2 is 2.09 bits per heavy atom. The molecule has 0 aliphatic heterocycles. The molecule has 3 nitrogen and oxygen atoms in total. The number of nitrogens with zero attached hydrogens (tertiary/aromatic N) is 2. The van der Waals surface area contributed by atoms with Crippen molar-refractivity contribution in [1.82, 2.24) is 9.59 Å². The number of nitrogens with two attached hydrogens (primary N) is 1. The lowest BCUT2D eigenvalue weighted by Gasteiger charge is -2.03. The molecule has 0 bridgehead atoms. The van der Waals surface area contributed by atoms with Gasteiger partial charge in [-0.1, -0.05) is 17.3 Å². The van der Waals surface area contributed by atoms with Gasteiger partial charge in [0.15, 0.2) is 5.82 Å². The molecular weight excluding hydrogens is 158 g/mol. The Morgan fingerprint density at radius 1 is 1.36 bits per heavy atom. The molecule has 60 valence electrons. The van der Waals surface area contributed by atoms with E-state index in [-0.39, 0.29) is 0 Å². The van der Waals surface area contributed by atoms with Crippen molar-refractivity contribution < 1.29 is 0 Å². The number of anilines is 1. The Bertz CT molecular complexity index is 240. The summed E-state index contributed by atoms with van der Waals surface area (Å²) in [5, 5.41) is 3.81. The Morgan fingerprint density at radius 3 is 2.64 bits per heavy atom. The molecule has 1 saturated carbocycles. The third-order valence-electron chi connectivity index (χ3n) is 2.27. The predicted octanol–water partition coefficient (Wildman–Crippen LogP) is 1.78. The summed E-state index contributed by atoms with van der Waals surface area (Å²) in [4.78, 5) is 1.21. The minimum Gasteiger partial charge on any atom is -0.381 e. The normalized spacial score (nSPS) is 19.3. The summed E-state index contributed by atoms with van der Waals surface area (Å²) < 4.78 is 3.83. The Hall–Kier alpha value is -0.640. The van der Waals surface area contributed by atoms with Gasteiger partial charge in [0.05, 0.1) is 4.88 Å². The molecule has 2 rings (SSSR count). The quantitative estimate of drug-likeness (QED) is 0.697. The van der Waals surface area contributed by atoms with E-state index in [2.05, 4.69) is 9.59 Å². The highest BCUT2D eigenvalue weighted by molar-refractivity contribution is 7.06. The summed E-state index contributed by atoms with van der Waals surface area (Å²) in [5.74, 6) is 1.32. The maximum absolute atomic E-state index is 5.66. The lowest BCUT2D eigenvalue weighted by Crippen LogP contribution is -1.94. The van der Waals surface area contributed by atoms with E-state index in [4.69, 9.17) is 5.73 Å². The van der Waals surface area contributed by atoms with E-state index in [9.17, 15) is 0 Å². The van der Waals surface area contributed by atoms with Crippen LogP contribution in [-0.4, -0.2) is 9.59 Å². The molecule has 1 aromatic heterocycles. The molecule has 0 saturated heterocycles. The summed E-state index contributed by atoms with van der Waals surface area (Å²) in [7, 11) is 0. The first-order valence-corrected chi connectivity index (χ1v) is 4.73. The van der Waals surface area contributed by atoms with Crippen molar-refractivity contribution in [2.24, 2.45) is 0 Å². The van der Waals surface area contributed by atoms with E-state index >= 15 is 0 Å². The van der Waals surface area contributed by atoms with Gasteiger partial charge < -0.3 is 5.73 Å². The minimum atomic E-state index is 0.655. The molecule has 0 atom stereocenters. The maximum atomic E-state index is 5.66. The Balaban J connectivity index is 2.21. The summed E-state index contributed by atoms with van der Waals surface area (Å²) >= 11 is 1.46. The van der Waals surface area contributed by atoms with Crippen LogP contribution in [0.25, 0.3) is 0 Å². The third kappa shape index (κ3) is 1.22. The molecule has 1 aromatic rings. The van der Waals surface area contributed by atoms with Crippen LogP contribution in [-0.2, 0) is 0 Å². The molecule has 0 spiro atoms. The zero-order valence-electron chi connectivity index (χ0n) is 6.29. The van der Waals surface area contributed by atoms with Crippen LogP contribution in [0.1, 0.15) is 36.5 Å². The summed E-state index contributed by atoms with van der Waals surface area (Å²) in [5.41, 5.74) is 5.66. The van der Waals surface area contributed by atoms with Gasteiger partial charge in [-0.3, -0.25) is 0 Å². The fourth-order valence-corrected chi connectivity index (χ4v) is 2.41. The second-order valence-electron chi connectivity index (χ2n) is 3.00. The van der Waals surface area contributed by atoms with E-state index in [0.29, 0.717) is 11.7 Å². The molecule has 0 amide bonds. The zero-order valence-corrected chi connectivity index (χ0v) is 7.10. The van der Waals surface area contributed by atoms with E-state index < -0.39 is 0 Å². The van der Waals surface area contributed by atoms with E-state index in [1.54, 1.807) is 0 Å². The van der Waals surface area contributed by atoms with E-state index in [0.717, 1.165) is 0 Å². The van der Waals surface area contributed by atoms with Crippen LogP contribution in [0.4, 0.5) is 5.82 Å². The van der Waals surface area contributed by atoms with Crippen molar-refractivity contribution in [3.63, 3.8) is 0 Å². The molecule has 0 unspecified atom stereocenters. The molecule has 1 fully saturated rings. The first-order valence-electron chi connectivity index (χ1n) is 3.95. The fourth-order valence-electron chi connectivity index (χ4n) is 1.68. The predicted molar refractivity (Wildman–Crippen MR) is 45.5 cm³/mol. The van der Waals surface area contributed by atoms with Crippen LogP contribution in [0, 0.1) is 0 Å². The Kier molecular flexibility index (Phi) is 1.77. The van der Waals surface area contributed by atoms with Crippen LogP contribution < -0.4 is 5.73 Å². The van der Waals surface area contributed by atoms with Crippen LogP contribution >= 0.6 is 11.5 Å². The van der Waals surface area contributed by atoms with Gasteiger partial charge in [-0.05, 0) is 30.3 Å². The van der Waals surface area contributed by atoms with Gasteiger partial charge in [0.25, 0.3) is 0 Å². The van der Waals surface area contributed by atoms with E-state index in [1.807, 2.05) is 0 Å². The van der Waals surface area contributed by atoms with E-state index in [1.165, 1.54) is 42.1 Å². The lowest BCUT2D eigenvalue weighted by atomic mass is 10.1. The first kappa shape index (κ1) is 7.03. The Labute approximate surface area is 69.8 Å². The number of nitrogen functional groups attached to an aromatic ring is 1. The van der Waals surface area contributed by atoms with Gasteiger partial charge in [0, 0.05) is 0 Å². The molecule has 0 radical (unpaired) electrons. The average Bonchev–Trinajstić information content (AvgIpc) is 2.55. The fraction of sp³-hybridized carbons (Fsp3) is 0.714. The molecule has 4 heteroatoms. The topological polar surface area (TPSA) is 51.8 Å². The molecule has 1 heterocycles. The highest BCUT2D eigenvalue weighted by Crippen LogP contribution is 2.37. The third-order valence-corrected chi connectivity index (χ3v) is 3.17. The number of rotatable bonds is 1. The van der Waals surface area contributed by atoms with Crippen molar-refractivity contribution in [2.45, 2.75) is 31.6 Å². The van der Waals surface area contributed by atoms with Crippen molar-refractivity contribution in [3.05, 3.63) is 4.88 Å². The van der Waals surface area contributed by atoms with Crippen molar-refractivity contribution >= 4 is 17.4 Å². The van der Waals surface area contributed by atoms with Crippen molar-refractivity contribution in [2.75, 3.05) is 5.73 Å². The van der Waals surface area contributed by atoms with Crippen LogP contribution in [0.2, 0.25) is 0 Å². The van der Waals surface area contributed by atoms with Crippen molar-refractivity contribution in [3.8, 4) is 0 Å². The van der Waals surface area contributed by atoms with Gasteiger partial charge in [-0.25, -0.2) is 0 Å². The summed E-state index contributed by atoms with van der Waals surface area (Å²) in [6.07, 6.45) is 5.21. The van der Waals surface area contributed by atoms with Gasteiger partial charge >= 0.3 is 0 Å². The van der Waals surface area contributed by atoms with Crippen LogP contribution in [0.3, 0.4) is 0 Å². The molecular formula is C7H11N3S. The summed E-state index contributed by atoms with van der Waals surface area (Å²) in [6.45, 7) is 0. The summed E-state index contributed by atoms with van der Waals surface area (Å²) in [6, 6.07) is 0. The molecule has 0 aromatic carbocycles. The second-order valence-corrected chi connectivity index (χ2v) is 3.79. The molecule has 1 aliphatic carbocycles. The average molecular weight is 169 g/mol. The van der Waals surface area contributed by atoms with Gasteiger partial charge in [0.2, 0.25) is 0 Å². The number of hydrogen-bond donors (Lipinski definition) is 1. The highest BCUT2D eigenvalue weighted by Gasteiger charge is 2.21. The SMILES string of the molecule is Nc1nnsc1C1CCCC1. The highest BCUT2D eigenvalue weighted by atomic mass is 32.1. The van der Waals surface area contributed by atoms with Crippen LogP contribution in [0.15, 0.2) is 0 Å². The standard InChI is InChI=1S/C7H11N3S/c8-7-6(11-10-9-7)5-3-1-2-4-5/h5H,1-4,8H2. The van der Waals surface area contributed by atoms with Gasteiger partial charge in [0.1, 0.15) is 0 Å². The molecule has 2 N–H and O–H groups in total. The minimum absolute atomic E-state index is 0.655. The maximum Gasteiger partial charge on any atom is 0.162 e. The monoisotopic (exact) mass is 169 g/mol. The molecule has 11 heavy (non-hydrogen) atoms. The smallest absolute Gasteiger partial charge is 0.162 e.